The Balaban J connectivity index is 1.70. The first-order valence-corrected chi connectivity index (χ1v) is 8.86. The molecule has 126 valence electrons. The lowest BCUT2D eigenvalue weighted by Gasteiger charge is -2.35. The molecule has 0 spiro atoms. The molecule has 1 aliphatic carbocycles. The molecule has 1 amide bonds. The average Bonchev–Trinajstić information content (AvgIpc) is 2.50. The van der Waals surface area contributed by atoms with Crippen LogP contribution < -0.4 is 5.32 Å². The van der Waals surface area contributed by atoms with Crippen molar-refractivity contribution in [1.82, 2.24) is 10.2 Å². The molecule has 0 aromatic heterocycles. The zero-order valence-electron chi connectivity index (χ0n) is 13.7. The fourth-order valence-corrected chi connectivity index (χ4v) is 3.88. The maximum Gasteiger partial charge on any atom is 0.320 e. The van der Waals surface area contributed by atoms with Crippen LogP contribution in [0.4, 0.5) is 0 Å². The summed E-state index contributed by atoms with van der Waals surface area (Å²) in [6, 6.07) is -0.155. The van der Waals surface area contributed by atoms with E-state index in [9.17, 15) is 14.7 Å². The molecule has 2 N–H and O–H groups in total. The van der Waals surface area contributed by atoms with Gasteiger partial charge in [-0.2, -0.15) is 0 Å². The number of hydrogen-bond donors (Lipinski definition) is 2. The maximum atomic E-state index is 12.1. The van der Waals surface area contributed by atoms with Crippen LogP contribution in [0.15, 0.2) is 0 Å². The van der Waals surface area contributed by atoms with Gasteiger partial charge in [0.05, 0.1) is 0 Å². The molecule has 1 saturated heterocycles. The Labute approximate surface area is 133 Å². The van der Waals surface area contributed by atoms with Crippen molar-refractivity contribution in [2.24, 2.45) is 5.92 Å². The number of carboxylic acid groups (broad SMARTS) is 1. The van der Waals surface area contributed by atoms with E-state index in [0.717, 1.165) is 25.9 Å². The van der Waals surface area contributed by atoms with Crippen LogP contribution in [0.1, 0.15) is 64.7 Å². The van der Waals surface area contributed by atoms with Crippen molar-refractivity contribution in [3.05, 3.63) is 0 Å². The van der Waals surface area contributed by atoms with Crippen LogP contribution in [0, 0.1) is 5.92 Å². The molecule has 1 aliphatic heterocycles. The Bertz CT molecular complexity index is 372. The molecule has 5 nitrogen and oxygen atoms in total. The van der Waals surface area contributed by atoms with Crippen LogP contribution in [-0.4, -0.2) is 47.1 Å². The number of hydrogen-bond acceptors (Lipinski definition) is 3. The zero-order valence-corrected chi connectivity index (χ0v) is 13.7. The van der Waals surface area contributed by atoms with Gasteiger partial charge in [0.15, 0.2) is 0 Å². The van der Waals surface area contributed by atoms with Crippen molar-refractivity contribution >= 4 is 11.9 Å². The third kappa shape index (κ3) is 4.97. The first kappa shape index (κ1) is 17.3. The summed E-state index contributed by atoms with van der Waals surface area (Å²) in [6.07, 6.45) is 9.28. The minimum Gasteiger partial charge on any atom is -0.480 e. The van der Waals surface area contributed by atoms with Crippen LogP contribution >= 0.6 is 0 Å². The average molecular weight is 310 g/mol. The summed E-state index contributed by atoms with van der Waals surface area (Å²) in [5.41, 5.74) is 0. The van der Waals surface area contributed by atoms with E-state index in [1.807, 2.05) is 11.8 Å². The van der Waals surface area contributed by atoms with Gasteiger partial charge in [-0.15, -0.1) is 0 Å². The molecule has 0 aromatic rings. The Kier molecular flexibility index (Phi) is 6.68. The highest BCUT2D eigenvalue weighted by Crippen LogP contribution is 2.26. The summed E-state index contributed by atoms with van der Waals surface area (Å²) >= 11 is 0. The Morgan fingerprint density at radius 1 is 1.14 bits per heavy atom. The second kappa shape index (κ2) is 8.51. The molecular weight excluding hydrogens is 280 g/mol. The van der Waals surface area contributed by atoms with Crippen LogP contribution in [-0.2, 0) is 9.59 Å². The fourth-order valence-electron chi connectivity index (χ4n) is 3.88. The molecule has 5 heteroatoms. The molecule has 22 heavy (non-hydrogen) atoms. The number of nitrogens with one attached hydrogen (secondary N) is 1. The Morgan fingerprint density at radius 3 is 2.32 bits per heavy atom. The zero-order chi connectivity index (χ0) is 15.9. The Morgan fingerprint density at radius 2 is 1.77 bits per heavy atom. The van der Waals surface area contributed by atoms with Gasteiger partial charge >= 0.3 is 5.97 Å². The third-order valence-electron chi connectivity index (χ3n) is 5.21. The molecule has 0 bridgehead atoms. The minimum atomic E-state index is -0.734. The minimum absolute atomic E-state index is 0.190. The Hall–Kier alpha value is -1.10. The summed E-state index contributed by atoms with van der Waals surface area (Å²) < 4.78 is 0. The van der Waals surface area contributed by atoms with Gasteiger partial charge in [0.2, 0.25) is 5.91 Å². The standard InChI is InChI=1S/C17H30N2O3/c1-2-15(17(21)22)19-10-8-14(9-11-19)18-16(20)12-13-6-4-3-5-7-13/h13-15H,2-12H2,1H3,(H,18,20)(H,21,22)/t15-/m0/s1. The number of likely N-dealkylation sites (tertiary alicyclic amines) is 1. The van der Waals surface area contributed by atoms with Crippen molar-refractivity contribution in [2.45, 2.75) is 76.8 Å². The van der Waals surface area contributed by atoms with E-state index in [2.05, 4.69) is 5.32 Å². The first-order valence-electron chi connectivity index (χ1n) is 8.86. The molecule has 2 rings (SSSR count). The summed E-state index contributed by atoms with van der Waals surface area (Å²) in [6.45, 7) is 3.44. The number of aliphatic carboxylic acids is 1. The summed E-state index contributed by atoms with van der Waals surface area (Å²) in [7, 11) is 0. The quantitative estimate of drug-likeness (QED) is 0.790. The van der Waals surface area contributed by atoms with Crippen LogP contribution in [0.25, 0.3) is 0 Å². The maximum absolute atomic E-state index is 12.1. The fraction of sp³-hybridized carbons (Fsp3) is 0.882. The number of nitrogens with zero attached hydrogens (tertiary/aromatic N) is 1. The molecule has 0 unspecified atom stereocenters. The van der Waals surface area contributed by atoms with Crippen LogP contribution in [0.5, 0.6) is 0 Å². The summed E-state index contributed by atoms with van der Waals surface area (Å²) in [5.74, 6) is 0.0308. The van der Waals surface area contributed by atoms with Gasteiger partial charge < -0.3 is 10.4 Å². The van der Waals surface area contributed by atoms with Crippen molar-refractivity contribution in [3.63, 3.8) is 0 Å². The predicted octanol–water partition coefficient (Wildman–Crippen LogP) is 2.40. The number of carbonyl (C=O) groups excluding carboxylic acids is 1. The van der Waals surface area contributed by atoms with Crippen molar-refractivity contribution in [2.75, 3.05) is 13.1 Å². The lowest BCUT2D eigenvalue weighted by atomic mass is 9.86. The highest BCUT2D eigenvalue weighted by Gasteiger charge is 2.29. The van der Waals surface area contributed by atoms with Gasteiger partial charge in [-0.1, -0.05) is 26.2 Å². The molecule has 1 atom stereocenters. The highest BCUT2D eigenvalue weighted by molar-refractivity contribution is 5.76. The van der Waals surface area contributed by atoms with E-state index in [-0.39, 0.29) is 18.0 Å². The van der Waals surface area contributed by atoms with Gasteiger partial charge in [0.1, 0.15) is 6.04 Å². The third-order valence-corrected chi connectivity index (χ3v) is 5.21. The molecular formula is C17H30N2O3. The van der Waals surface area contributed by atoms with Crippen LogP contribution in [0.2, 0.25) is 0 Å². The smallest absolute Gasteiger partial charge is 0.320 e. The molecule has 2 fully saturated rings. The number of carboxylic acids is 1. The molecule has 1 saturated carbocycles. The van der Waals surface area contributed by atoms with E-state index in [1.54, 1.807) is 0 Å². The molecule has 0 aromatic carbocycles. The number of rotatable bonds is 6. The molecule has 2 aliphatic rings. The van der Waals surface area contributed by atoms with Crippen LogP contribution in [0.3, 0.4) is 0 Å². The summed E-state index contributed by atoms with van der Waals surface area (Å²) in [5, 5.41) is 12.4. The largest absolute Gasteiger partial charge is 0.480 e. The normalized spacial score (nSPS) is 23.1. The van der Waals surface area contributed by atoms with Crippen molar-refractivity contribution in [1.29, 1.82) is 0 Å². The topological polar surface area (TPSA) is 69.6 Å². The van der Waals surface area contributed by atoms with Gasteiger partial charge in [0, 0.05) is 25.6 Å². The van der Waals surface area contributed by atoms with Crippen molar-refractivity contribution in [3.8, 4) is 0 Å². The highest BCUT2D eigenvalue weighted by atomic mass is 16.4. The van der Waals surface area contributed by atoms with Gasteiger partial charge in [-0.3, -0.25) is 14.5 Å². The van der Waals surface area contributed by atoms with E-state index >= 15 is 0 Å². The second-order valence-corrected chi connectivity index (χ2v) is 6.85. The van der Waals surface area contributed by atoms with Gasteiger partial charge in [-0.25, -0.2) is 0 Å². The van der Waals surface area contributed by atoms with Crippen molar-refractivity contribution < 1.29 is 14.7 Å². The summed E-state index contributed by atoms with van der Waals surface area (Å²) in [4.78, 5) is 25.4. The lowest BCUT2D eigenvalue weighted by Crippen LogP contribution is -2.50. The van der Waals surface area contributed by atoms with E-state index < -0.39 is 5.97 Å². The molecule has 1 heterocycles. The number of piperidine rings is 1. The van der Waals surface area contributed by atoms with E-state index in [0.29, 0.717) is 18.8 Å². The van der Waals surface area contributed by atoms with Gasteiger partial charge in [-0.05, 0) is 38.0 Å². The SMILES string of the molecule is CC[C@@H](C(=O)O)N1CCC(NC(=O)CC2CCCCC2)CC1. The first-order chi connectivity index (χ1) is 10.6. The second-order valence-electron chi connectivity index (χ2n) is 6.85. The molecule has 0 radical (unpaired) electrons. The van der Waals surface area contributed by atoms with E-state index in [4.69, 9.17) is 0 Å². The van der Waals surface area contributed by atoms with E-state index in [1.165, 1.54) is 32.1 Å². The number of amides is 1. The number of carbonyl (C=O) groups is 2. The predicted molar refractivity (Wildman–Crippen MR) is 85.6 cm³/mol. The monoisotopic (exact) mass is 310 g/mol. The van der Waals surface area contributed by atoms with Gasteiger partial charge in [0.25, 0.3) is 0 Å². The lowest BCUT2D eigenvalue weighted by molar-refractivity contribution is -0.144.